The highest BCUT2D eigenvalue weighted by Crippen LogP contribution is 2.11. The van der Waals surface area contributed by atoms with Crippen molar-refractivity contribution in [2.45, 2.75) is 18.8 Å². The van der Waals surface area contributed by atoms with Crippen LogP contribution >= 0.6 is 11.6 Å². The Balaban J connectivity index is 0.000000360. The normalized spacial score (nSPS) is 12.6. The van der Waals surface area contributed by atoms with E-state index in [1.807, 2.05) is 34.9 Å². The van der Waals surface area contributed by atoms with Crippen molar-refractivity contribution in [1.29, 1.82) is 0 Å². The molecule has 0 bridgehead atoms. The summed E-state index contributed by atoms with van der Waals surface area (Å²) in [6.45, 7) is 0.560. The third-order valence-corrected chi connectivity index (χ3v) is 2.01. The van der Waals surface area contributed by atoms with Crippen molar-refractivity contribution in [2.75, 3.05) is 5.88 Å². The van der Waals surface area contributed by atoms with Crippen LogP contribution in [0.1, 0.15) is 0 Å². The molecule has 1 heterocycles. The number of alkyl halides is 4. The minimum Gasteiger partial charge on any atom is -0.542 e. The molecule has 5 nitrogen and oxygen atoms in total. The first-order chi connectivity index (χ1) is 8.16. The number of carbonyl (C=O) groups is 1. The summed E-state index contributed by atoms with van der Waals surface area (Å²) in [4.78, 5) is 8.78. The molecule has 0 aromatic carbocycles. The molecule has 1 atom stereocenters. The summed E-state index contributed by atoms with van der Waals surface area (Å²) in [5.74, 6) is -2.73. The van der Waals surface area contributed by atoms with E-state index in [-0.39, 0.29) is 5.88 Å². The van der Waals surface area contributed by atoms with Gasteiger partial charge < -0.3 is 15.0 Å². The molecule has 0 aliphatic carbocycles. The van der Waals surface area contributed by atoms with Gasteiger partial charge in [-0.05, 0) is 0 Å². The minimum atomic E-state index is -5.19. The molecule has 0 aliphatic rings. The van der Waals surface area contributed by atoms with Gasteiger partial charge in [0.2, 0.25) is 6.33 Å². The van der Waals surface area contributed by atoms with E-state index in [1.165, 1.54) is 0 Å². The van der Waals surface area contributed by atoms with Crippen LogP contribution in [0.15, 0.2) is 18.7 Å². The average molecular weight is 289 g/mol. The largest absolute Gasteiger partial charge is 0.542 e. The van der Waals surface area contributed by atoms with Crippen molar-refractivity contribution in [3.63, 3.8) is 0 Å². The molecule has 0 amide bonds. The van der Waals surface area contributed by atoms with E-state index in [2.05, 4.69) is 0 Å². The lowest BCUT2D eigenvalue weighted by molar-refractivity contribution is -0.671. The molecule has 0 spiro atoms. The summed E-state index contributed by atoms with van der Waals surface area (Å²) < 4.78 is 35.4. The molecule has 0 radical (unpaired) electrons. The Morgan fingerprint density at radius 2 is 2.11 bits per heavy atom. The van der Waals surface area contributed by atoms with Crippen molar-refractivity contribution in [1.82, 2.24) is 4.57 Å². The second-order valence-electron chi connectivity index (χ2n) is 3.37. The maximum Gasteiger partial charge on any atom is 0.430 e. The first-order valence-corrected chi connectivity index (χ1v) is 5.23. The molecule has 1 N–H and O–H groups in total. The maximum absolute atomic E-state index is 10.5. The fourth-order valence-corrected chi connectivity index (χ4v) is 0.999. The van der Waals surface area contributed by atoms with Crippen LogP contribution < -0.4 is 9.67 Å². The summed E-state index contributed by atoms with van der Waals surface area (Å²) in [7, 11) is 1.93. The van der Waals surface area contributed by atoms with Crippen LogP contribution in [0.3, 0.4) is 0 Å². The van der Waals surface area contributed by atoms with Crippen LogP contribution in [0.2, 0.25) is 0 Å². The topological polar surface area (TPSA) is 69.2 Å². The number of aliphatic hydroxyl groups is 1. The average Bonchev–Trinajstić information content (AvgIpc) is 2.63. The number of rotatable bonds is 3. The zero-order chi connectivity index (χ0) is 14.3. The van der Waals surface area contributed by atoms with E-state index in [4.69, 9.17) is 26.6 Å². The summed E-state index contributed by atoms with van der Waals surface area (Å²) in [6.07, 6.45) is 0.0658. The molecule has 104 valence electrons. The highest BCUT2D eigenvalue weighted by molar-refractivity contribution is 6.18. The van der Waals surface area contributed by atoms with Crippen LogP contribution in [0.4, 0.5) is 13.2 Å². The second kappa shape index (κ2) is 7.22. The lowest BCUT2D eigenvalue weighted by atomic mass is 10.4. The predicted octanol–water partition coefficient (Wildman–Crippen LogP) is -0.789. The summed E-state index contributed by atoms with van der Waals surface area (Å²) in [5.41, 5.74) is 0. The van der Waals surface area contributed by atoms with Crippen molar-refractivity contribution < 1.29 is 32.7 Å². The Labute approximate surface area is 106 Å². The van der Waals surface area contributed by atoms with Crippen LogP contribution in [-0.4, -0.2) is 33.8 Å². The first-order valence-electron chi connectivity index (χ1n) is 4.70. The van der Waals surface area contributed by atoms with Gasteiger partial charge in [-0.1, -0.05) is 0 Å². The quantitative estimate of drug-likeness (QED) is 0.585. The van der Waals surface area contributed by atoms with E-state index >= 15 is 0 Å². The zero-order valence-corrected chi connectivity index (χ0v) is 10.1. The third kappa shape index (κ3) is 7.13. The number of aliphatic carboxylic acids is 1. The number of nitrogens with zero attached hydrogens (tertiary/aromatic N) is 2. The number of hydrogen-bond donors (Lipinski definition) is 1. The van der Waals surface area contributed by atoms with Gasteiger partial charge in [0.05, 0.1) is 12.9 Å². The van der Waals surface area contributed by atoms with Crippen molar-refractivity contribution in [3.05, 3.63) is 18.7 Å². The Kier molecular flexibility index (Phi) is 6.71. The number of halogens is 4. The highest BCUT2D eigenvalue weighted by atomic mass is 35.5. The number of imidazole rings is 1. The minimum absolute atomic E-state index is 0.280. The van der Waals surface area contributed by atoms with Crippen LogP contribution in [-0.2, 0) is 18.4 Å². The predicted molar refractivity (Wildman–Crippen MR) is 53.4 cm³/mol. The Morgan fingerprint density at radius 1 is 1.61 bits per heavy atom. The molecular formula is C9H12ClF3N2O3. The van der Waals surface area contributed by atoms with Crippen LogP contribution in [0.25, 0.3) is 0 Å². The van der Waals surface area contributed by atoms with Crippen molar-refractivity contribution in [2.24, 2.45) is 7.05 Å². The van der Waals surface area contributed by atoms with E-state index < -0.39 is 18.2 Å². The smallest absolute Gasteiger partial charge is 0.430 e. The maximum atomic E-state index is 10.5. The van der Waals surface area contributed by atoms with Gasteiger partial charge in [0, 0.05) is 0 Å². The van der Waals surface area contributed by atoms with Gasteiger partial charge in [0.15, 0.2) is 0 Å². The Hall–Kier alpha value is -1.28. The van der Waals surface area contributed by atoms with E-state index in [1.54, 1.807) is 0 Å². The van der Waals surface area contributed by atoms with E-state index in [0.717, 1.165) is 0 Å². The third-order valence-electron chi connectivity index (χ3n) is 1.65. The standard InChI is InChI=1S/C7H12ClN2O.C2HF3O2/c1-9-2-3-10(6-9)5-7(11)4-8;3-2(4,5)1(6)7/h2-3,6-7,11H,4-5H2,1H3;(H,6,7)/q+1;/p-1. The number of carboxylic acids is 1. The van der Waals surface area contributed by atoms with Crippen molar-refractivity contribution >= 4 is 17.6 Å². The highest BCUT2D eigenvalue weighted by Gasteiger charge is 2.28. The van der Waals surface area contributed by atoms with Gasteiger partial charge in [-0.3, -0.25) is 0 Å². The van der Waals surface area contributed by atoms with Gasteiger partial charge in [-0.25, -0.2) is 9.13 Å². The van der Waals surface area contributed by atoms with E-state index in [0.29, 0.717) is 6.54 Å². The fourth-order valence-electron chi connectivity index (χ4n) is 0.902. The monoisotopic (exact) mass is 288 g/mol. The number of carboxylic acid groups (broad SMARTS) is 1. The summed E-state index contributed by atoms with van der Waals surface area (Å²) in [6, 6.07) is 0. The lowest BCUT2D eigenvalue weighted by Crippen LogP contribution is -2.37. The molecule has 9 heteroatoms. The Bertz CT molecular complexity index is 381. The van der Waals surface area contributed by atoms with Gasteiger partial charge in [-0.2, -0.15) is 13.2 Å². The van der Waals surface area contributed by atoms with Gasteiger partial charge >= 0.3 is 6.18 Å². The molecule has 18 heavy (non-hydrogen) atoms. The second-order valence-corrected chi connectivity index (χ2v) is 3.68. The molecule has 0 fully saturated rings. The lowest BCUT2D eigenvalue weighted by Gasteiger charge is -2.03. The molecule has 1 aromatic rings. The number of aliphatic hydroxyl groups excluding tert-OH is 1. The molecular weight excluding hydrogens is 277 g/mol. The zero-order valence-electron chi connectivity index (χ0n) is 9.39. The number of aryl methyl sites for hydroxylation is 1. The fraction of sp³-hybridized carbons (Fsp3) is 0.556. The Morgan fingerprint density at radius 3 is 2.39 bits per heavy atom. The SMILES string of the molecule is C[n+]1ccn(CC(O)CCl)c1.O=C([O-])C(F)(F)F. The molecule has 0 saturated carbocycles. The van der Waals surface area contributed by atoms with Crippen molar-refractivity contribution in [3.8, 4) is 0 Å². The van der Waals surface area contributed by atoms with Gasteiger partial charge in [-0.15, -0.1) is 11.6 Å². The number of hydrogen-bond acceptors (Lipinski definition) is 3. The molecule has 1 unspecified atom stereocenters. The molecule has 1 aromatic heterocycles. The van der Waals surface area contributed by atoms with Crippen LogP contribution in [0.5, 0.6) is 0 Å². The summed E-state index contributed by atoms with van der Waals surface area (Å²) >= 11 is 5.44. The summed E-state index contributed by atoms with van der Waals surface area (Å²) in [5, 5.41) is 17.9. The molecule has 1 rings (SSSR count). The first kappa shape index (κ1) is 16.7. The van der Waals surface area contributed by atoms with Gasteiger partial charge in [0.1, 0.15) is 31.0 Å². The van der Waals surface area contributed by atoms with Crippen LogP contribution in [0, 0.1) is 0 Å². The number of carbonyl (C=O) groups excluding carboxylic acids is 1. The van der Waals surface area contributed by atoms with Gasteiger partial charge in [0.25, 0.3) is 0 Å². The molecule has 0 aliphatic heterocycles. The van der Waals surface area contributed by atoms with E-state index in [9.17, 15) is 13.2 Å². The molecule has 0 saturated heterocycles. The number of aromatic nitrogens is 2.